The molecule has 0 fully saturated rings. The van der Waals surface area contributed by atoms with Crippen molar-refractivity contribution in [2.45, 2.75) is 73.1 Å². The van der Waals surface area contributed by atoms with Gasteiger partial charge < -0.3 is 31.3 Å². The minimum Gasteiger partial charge on any atom is -0.444 e. The average Bonchev–Trinajstić information content (AvgIpc) is 4.02. The Kier molecular flexibility index (Phi) is 17.7. The van der Waals surface area contributed by atoms with Gasteiger partial charge in [-0.25, -0.2) is 24.7 Å². The summed E-state index contributed by atoms with van der Waals surface area (Å²) in [5.41, 5.74) is 7.96. The standard InChI is InChI=1S/C30H34ClN5O3.C27H25ClF3N5O2/c1-29(2,3)39-28(38)35-21-13-10-20(11-14-21)26(37)33-17-30(4,5)18-34-27-32-16-24(31)25(36-27)23-15-12-19-8-6-7-9-22(19)23;1-26(2,14-33-23(37)17-7-10-18(11-8-17)35-24(38)27(29,30)31)15-34-25-32-13-21(28)22(36-25)20-12-9-16-5-3-4-6-19(16)20/h6-11,13-16H,12,17-18H2,1-5H3,(H,33,37)(H,35,38)(H,32,34,36);3-8,10-13H,9,14-15H2,1-2H3,(H,33,37)(H,35,38)(H,32,34,36). The summed E-state index contributed by atoms with van der Waals surface area (Å²) in [6.07, 6.45) is 3.54. The average molecular weight is 1090 g/mol. The third-order valence-corrected chi connectivity index (χ3v) is 12.6. The van der Waals surface area contributed by atoms with E-state index in [1.807, 2.05) is 58.0 Å². The molecule has 0 saturated heterocycles. The zero-order chi connectivity index (χ0) is 55.7. The molecule has 0 radical (unpaired) electrons. The van der Waals surface area contributed by atoms with Gasteiger partial charge >= 0.3 is 18.2 Å². The topological polar surface area (TPSA) is 201 Å². The molecule has 20 heteroatoms. The number of nitrogens with zero attached hydrogens (tertiary/aromatic N) is 4. The van der Waals surface area contributed by atoms with E-state index in [-0.39, 0.29) is 22.6 Å². The van der Waals surface area contributed by atoms with Gasteiger partial charge in [-0.05, 0) is 115 Å². The Hall–Kier alpha value is -7.83. The van der Waals surface area contributed by atoms with Crippen molar-refractivity contribution in [1.29, 1.82) is 0 Å². The number of fused-ring (bicyclic) bond motifs is 2. The number of nitrogens with one attached hydrogen (secondary N) is 6. The molecule has 0 bridgehead atoms. The Labute approximate surface area is 454 Å². The van der Waals surface area contributed by atoms with Crippen molar-refractivity contribution in [3.63, 3.8) is 0 Å². The Morgan fingerprint density at radius 3 is 1.36 bits per heavy atom. The van der Waals surface area contributed by atoms with E-state index in [4.69, 9.17) is 32.9 Å². The smallest absolute Gasteiger partial charge is 0.444 e. The van der Waals surface area contributed by atoms with E-state index in [1.54, 1.807) is 62.7 Å². The van der Waals surface area contributed by atoms with Crippen LogP contribution in [0, 0.1) is 10.8 Å². The molecule has 2 heterocycles. The Bertz CT molecular complexity index is 3210. The van der Waals surface area contributed by atoms with Gasteiger partial charge in [0.1, 0.15) is 5.60 Å². The highest BCUT2D eigenvalue weighted by atomic mass is 35.5. The second kappa shape index (κ2) is 24.0. The molecule has 0 atom stereocenters. The summed E-state index contributed by atoms with van der Waals surface area (Å²) in [5.74, 6) is -1.80. The molecule has 15 nitrogen and oxygen atoms in total. The quantitative estimate of drug-likeness (QED) is 0.0539. The predicted molar refractivity (Wildman–Crippen MR) is 295 cm³/mol. The van der Waals surface area contributed by atoms with E-state index < -0.39 is 35.1 Å². The summed E-state index contributed by atoms with van der Waals surface area (Å²) in [5, 5.41) is 17.7. The lowest BCUT2D eigenvalue weighted by Gasteiger charge is -2.25. The highest BCUT2D eigenvalue weighted by Gasteiger charge is 2.38. The van der Waals surface area contributed by atoms with Gasteiger partial charge in [-0.3, -0.25) is 19.7 Å². The maximum Gasteiger partial charge on any atom is 0.471 e. The van der Waals surface area contributed by atoms with Crippen LogP contribution in [0.2, 0.25) is 10.0 Å². The number of allylic oxidation sites excluding steroid dienone is 2. The van der Waals surface area contributed by atoms with Crippen molar-refractivity contribution in [3.05, 3.63) is 176 Å². The molecule has 77 heavy (non-hydrogen) atoms. The fourth-order valence-corrected chi connectivity index (χ4v) is 8.32. The molecular formula is C57H59Cl2F3N10O5. The van der Waals surface area contributed by atoms with E-state index in [0.29, 0.717) is 70.8 Å². The normalized spacial score (nSPS) is 12.9. The van der Waals surface area contributed by atoms with Crippen LogP contribution in [0.15, 0.2) is 122 Å². The van der Waals surface area contributed by atoms with Crippen LogP contribution in [0.1, 0.15) is 103 Å². The molecule has 2 aliphatic rings. The largest absolute Gasteiger partial charge is 0.471 e. The van der Waals surface area contributed by atoms with Crippen LogP contribution in [-0.2, 0) is 22.4 Å². The Morgan fingerprint density at radius 1 is 0.558 bits per heavy atom. The molecule has 4 amide bonds. The number of rotatable bonds is 16. The zero-order valence-corrected chi connectivity index (χ0v) is 45.0. The number of alkyl halides is 3. The van der Waals surface area contributed by atoms with E-state index in [2.05, 4.69) is 71.9 Å². The number of hydrogen-bond donors (Lipinski definition) is 6. The number of anilines is 4. The van der Waals surface area contributed by atoms with Gasteiger partial charge in [0.05, 0.1) is 33.8 Å². The SMILES string of the molecule is CC(C)(CNC(=O)c1ccc(NC(=O)C(F)(F)F)cc1)CNc1ncc(Cl)c(C2=CCc3ccccc32)n1.CC(C)(CNC(=O)c1ccc(NC(=O)OC(C)(C)C)cc1)CNc1ncc(Cl)c(C2=CCc3ccccc32)n1. The monoisotopic (exact) mass is 1090 g/mol. The summed E-state index contributed by atoms with van der Waals surface area (Å²) in [4.78, 5) is 66.2. The number of carbonyl (C=O) groups is 4. The van der Waals surface area contributed by atoms with Crippen LogP contribution >= 0.6 is 23.2 Å². The van der Waals surface area contributed by atoms with E-state index in [1.165, 1.54) is 35.4 Å². The van der Waals surface area contributed by atoms with Crippen LogP contribution in [0.4, 0.5) is 41.2 Å². The predicted octanol–water partition coefficient (Wildman–Crippen LogP) is 11.8. The fraction of sp³-hybridized carbons (Fsp3) is 0.298. The van der Waals surface area contributed by atoms with Gasteiger partial charge in [-0.2, -0.15) is 13.2 Å². The van der Waals surface area contributed by atoms with Crippen molar-refractivity contribution < 1.29 is 37.1 Å². The van der Waals surface area contributed by atoms with E-state index in [9.17, 15) is 32.3 Å². The number of halogens is 5. The molecule has 402 valence electrons. The summed E-state index contributed by atoms with van der Waals surface area (Å²) in [7, 11) is 0. The summed E-state index contributed by atoms with van der Waals surface area (Å²) >= 11 is 12.9. The summed E-state index contributed by atoms with van der Waals surface area (Å²) in [6, 6.07) is 28.1. The lowest BCUT2D eigenvalue weighted by atomic mass is 9.93. The number of benzene rings is 4. The second-order valence-corrected chi connectivity index (χ2v) is 21.7. The minimum atomic E-state index is -4.99. The van der Waals surface area contributed by atoms with Crippen LogP contribution in [0.5, 0.6) is 0 Å². The molecule has 0 aliphatic heterocycles. The molecule has 8 rings (SSSR count). The maximum atomic E-state index is 12.7. The molecule has 6 N–H and O–H groups in total. The molecular weight excluding hydrogens is 1030 g/mol. The number of amides is 4. The van der Waals surface area contributed by atoms with Crippen molar-refractivity contribution in [3.8, 4) is 0 Å². The summed E-state index contributed by atoms with van der Waals surface area (Å²) in [6.45, 7) is 15.1. The first-order valence-corrected chi connectivity index (χ1v) is 25.3. The molecule has 6 aromatic rings. The first-order valence-electron chi connectivity index (χ1n) is 24.6. The molecule has 4 aromatic carbocycles. The van der Waals surface area contributed by atoms with E-state index >= 15 is 0 Å². The number of aromatic nitrogens is 4. The third kappa shape index (κ3) is 15.9. The third-order valence-electron chi connectivity index (χ3n) is 12.0. The maximum absolute atomic E-state index is 12.7. The van der Waals surface area contributed by atoms with Crippen molar-refractivity contribution in [2.24, 2.45) is 10.8 Å². The Morgan fingerprint density at radius 2 is 0.961 bits per heavy atom. The Balaban J connectivity index is 0.000000224. The van der Waals surface area contributed by atoms with Gasteiger partial charge in [0.15, 0.2) is 0 Å². The molecule has 0 saturated carbocycles. The van der Waals surface area contributed by atoms with Crippen molar-refractivity contribution in [1.82, 2.24) is 30.6 Å². The molecule has 0 unspecified atom stereocenters. The highest BCUT2D eigenvalue weighted by Crippen LogP contribution is 2.37. The van der Waals surface area contributed by atoms with Crippen LogP contribution in [-0.4, -0.2) is 81.7 Å². The van der Waals surface area contributed by atoms with Crippen molar-refractivity contribution >= 4 is 81.4 Å². The summed E-state index contributed by atoms with van der Waals surface area (Å²) < 4.78 is 42.4. The van der Waals surface area contributed by atoms with E-state index in [0.717, 1.165) is 35.1 Å². The second-order valence-electron chi connectivity index (χ2n) is 20.9. The number of carbonyl (C=O) groups excluding carboxylic acids is 4. The van der Waals surface area contributed by atoms with Gasteiger partial charge in [0.2, 0.25) is 11.9 Å². The highest BCUT2D eigenvalue weighted by molar-refractivity contribution is 6.32. The number of ether oxygens (including phenoxy) is 1. The van der Waals surface area contributed by atoms with Crippen LogP contribution in [0.25, 0.3) is 11.1 Å². The first kappa shape index (κ1) is 56.9. The van der Waals surface area contributed by atoms with Crippen LogP contribution < -0.4 is 31.9 Å². The van der Waals surface area contributed by atoms with Crippen molar-refractivity contribution in [2.75, 3.05) is 47.4 Å². The van der Waals surface area contributed by atoms with Gasteiger partial charge in [-0.1, -0.05) is 112 Å². The molecule has 2 aliphatic carbocycles. The van der Waals surface area contributed by atoms with Crippen LogP contribution in [0.3, 0.4) is 0 Å². The first-order chi connectivity index (χ1) is 36.3. The van der Waals surface area contributed by atoms with Gasteiger partial charge in [-0.15, -0.1) is 0 Å². The lowest BCUT2D eigenvalue weighted by Crippen LogP contribution is -2.38. The molecule has 0 spiro atoms. The lowest BCUT2D eigenvalue weighted by molar-refractivity contribution is -0.167. The molecule has 2 aromatic heterocycles. The fourth-order valence-electron chi connectivity index (χ4n) is 7.94. The van der Waals surface area contributed by atoms with Gasteiger partial charge in [0, 0.05) is 59.8 Å². The van der Waals surface area contributed by atoms with Gasteiger partial charge in [0.25, 0.3) is 11.8 Å². The zero-order valence-electron chi connectivity index (χ0n) is 43.5. The number of hydrogen-bond acceptors (Lipinski definition) is 11. The minimum absolute atomic E-state index is 0.0624.